The molecule has 11 heteroatoms. The third-order valence-electron chi connectivity index (χ3n) is 4.30. The minimum absolute atomic E-state index is 0.0286. The number of nitrogens with one attached hydrogen (secondary N) is 1. The fourth-order valence-corrected chi connectivity index (χ4v) is 2.96. The lowest BCUT2D eigenvalue weighted by atomic mass is 10.1. The van der Waals surface area contributed by atoms with Crippen LogP contribution < -0.4 is 5.32 Å². The number of halogens is 1. The van der Waals surface area contributed by atoms with Crippen LogP contribution in [0.2, 0.25) is 5.02 Å². The van der Waals surface area contributed by atoms with Crippen LogP contribution in [0.25, 0.3) is 17.4 Å². The van der Waals surface area contributed by atoms with Crippen molar-refractivity contribution >= 4 is 40.6 Å². The first kappa shape index (κ1) is 22.2. The molecule has 3 rings (SSSR count). The van der Waals surface area contributed by atoms with E-state index in [4.69, 9.17) is 16.0 Å². The number of anilines is 1. The second-order valence-corrected chi connectivity index (χ2v) is 6.93. The van der Waals surface area contributed by atoms with E-state index in [1.807, 2.05) is 0 Å². The number of furan rings is 1. The van der Waals surface area contributed by atoms with Gasteiger partial charge in [-0.25, -0.2) is 0 Å². The highest BCUT2D eigenvalue weighted by Crippen LogP contribution is 2.32. The van der Waals surface area contributed by atoms with Gasteiger partial charge in [-0.2, -0.15) is 5.26 Å². The molecule has 0 saturated carbocycles. The van der Waals surface area contributed by atoms with Gasteiger partial charge in [-0.1, -0.05) is 17.7 Å². The summed E-state index contributed by atoms with van der Waals surface area (Å²) in [4.78, 5) is 33.5. The molecule has 3 aromatic rings. The maximum atomic E-state index is 12.5. The van der Waals surface area contributed by atoms with E-state index in [0.717, 1.165) is 6.08 Å². The van der Waals surface area contributed by atoms with Gasteiger partial charge in [-0.3, -0.25) is 25.0 Å². The van der Waals surface area contributed by atoms with Crippen LogP contribution >= 0.6 is 11.6 Å². The summed E-state index contributed by atoms with van der Waals surface area (Å²) in [5.74, 6) is -0.481. The van der Waals surface area contributed by atoms with Gasteiger partial charge in [-0.15, -0.1) is 0 Å². The molecule has 0 aliphatic rings. The Labute approximate surface area is 185 Å². The molecule has 0 radical (unpaired) electrons. The maximum absolute atomic E-state index is 12.5. The molecule has 1 amide bonds. The van der Waals surface area contributed by atoms with Crippen molar-refractivity contribution in [3.8, 4) is 17.4 Å². The number of nitro groups is 2. The number of aryl methyl sites for hydroxylation is 1. The highest BCUT2D eigenvalue weighted by Gasteiger charge is 2.19. The zero-order chi connectivity index (χ0) is 23.4. The molecular formula is C21H13ClN4O6. The zero-order valence-electron chi connectivity index (χ0n) is 16.4. The van der Waals surface area contributed by atoms with Crippen LogP contribution in [-0.4, -0.2) is 15.8 Å². The lowest BCUT2D eigenvalue weighted by Crippen LogP contribution is -2.14. The third-order valence-corrected chi connectivity index (χ3v) is 4.62. The zero-order valence-corrected chi connectivity index (χ0v) is 17.1. The van der Waals surface area contributed by atoms with Gasteiger partial charge in [-0.05, 0) is 42.8 Å². The normalized spacial score (nSPS) is 11.0. The largest absolute Gasteiger partial charge is 0.457 e. The molecule has 0 atom stereocenters. The first-order valence-electron chi connectivity index (χ1n) is 8.92. The summed E-state index contributed by atoms with van der Waals surface area (Å²) in [6.07, 6.45) is 1.16. The van der Waals surface area contributed by atoms with E-state index in [0.29, 0.717) is 11.1 Å². The fourth-order valence-electron chi connectivity index (χ4n) is 2.77. The van der Waals surface area contributed by atoms with E-state index in [9.17, 15) is 30.3 Å². The number of nitro benzene ring substituents is 2. The lowest BCUT2D eigenvalue weighted by Gasteiger charge is -2.06. The smallest absolute Gasteiger partial charge is 0.293 e. The number of hydrogen-bond donors (Lipinski definition) is 1. The molecule has 2 aromatic carbocycles. The summed E-state index contributed by atoms with van der Waals surface area (Å²) in [6, 6.07) is 13.1. The van der Waals surface area contributed by atoms with Gasteiger partial charge in [0, 0.05) is 23.8 Å². The number of nitrogens with zero attached hydrogens (tertiary/aromatic N) is 3. The molecule has 10 nitrogen and oxygen atoms in total. The molecule has 1 N–H and O–H groups in total. The van der Waals surface area contributed by atoms with E-state index in [2.05, 4.69) is 5.32 Å². The summed E-state index contributed by atoms with van der Waals surface area (Å²) < 4.78 is 5.57. The second-order valence-electron chi connectivity index (χ2n) is 6.53. The van der Waals surface area contributed by atoms with E-state index in [-0.39, 0.29) is 39.2 Å². The number of carbonyl (C=O) groups is 1. The van der Waals surface area contributed by atoms with E-state index in [1.165, 1.54) is 42.5 Å². The van der Waals surface area contributed by atoms with Crippen molar-refractivity contribution in [3.63, 3.8) is 0 Å². The number of benzene rings is 2. The van der Waals surface area contributed by atoms with Crippen LogP contribution in [0.1, 0.15) is 11.3 Å². The number of hydrogen-bond acceptors (Lipinski definition) is 7. The molecule has 1 heterocycles. The van der Waals surface area contributed by atoms with Crippen LogP contribution in [0, 0.1) is 38.5 Å². The van der Waals surface area contributed by atoms with Crippen LogP contribution in [0.3, 0.4) is 0 Å². The summed E-state index contributed by atoms with van der Waals surface area (Å²) in [6.45, 7) is 1.67. The number of amides is 1. The van der Waals surface area contributed by atoms with Crippen molar-refractivity contribution in [1.29, 1.82) is 5.26 Å². The van der Waals surface area contributed by atoms with Crippen molar-refractivity contribution in [2.75, 3.05) is 5.32 Å². The van der Waals surface area contributed by atoms with Crippen molar-refractivity contribution in [2.45, 2.75) is 6.92 Å². The quantitative estimate of drug-likeness (QED) is 0.231. The van der Waals surface area contributed by atoms with Gasteiger partial charge in [0.2, 0.25) is 0 Å². The SMILES string of the molecule is Cc1ccc(NC(=O)/C(C#N)=C/c2ccc(-c3ccc(Cl)c([N+](=O)[O-])c3)o2)c([N+](=O)[O-])c1. The van der Waals surface area contributed by atoms with Crippen molar-refractivity contribution in [3.05, 3.63) is 90.7 Å². The lowest BCUT2D eigenvalue weighted by molar-refractivity contribution is -0.384. The Kier molecular flexibility index (Phi) is 6.32. The van der Waals surface area contributed by atoms with Crippen molar-refractivity contribution < 1.29 is 19.1 Å². The number of rotatable bonds is 6. The van der Waals surface area contributed by atoms with Crippen molar-refractivity contribution in [1.82, 2.24) is 0 Å². The Morgan fingerprint density at radius 1 is 1.09 bits per heavy atom. The second kappa shape index (κ2) is 9.11. The molecule has 0 unspecified atom stereocenters. The predicted octanol–water partition coefficient (Wildman–Crippen LogP) is 5.27. The van der Waals surface area contributed by atoms with Gasteiger partial charge in [0.05, 0.1) is 9.85 Å². The number of nitriles is 1. The highest BCUT2D eigenvalue weighted by molar-refractivity contribution is 6.32. The Hall–Kier alpha value is -4.49. The minimum atomic E-state index is -0.862. The summed E-state index contributed by atoms with van der Waals surface area (Å²) >= 11 is 5.81. The molecule has 160 valence electrons. The first-order valence-corrected chi connectivity index (χ1v) is 9.29. The molecule has 0 saturated heterocycles. The highest BCUT2D eigenvalue weighted by atomic mass is 35.5. The predicted molar refractivity (Wildman–Crippen MR) is 116 cm³/mol. The average molecular weight is 453 g/mol. The van der Waals surface area contributed by atoms with Gasteiger partial charge in [0.1, 0.15) is 33.9 Å². The van der Waals surface area contributed by atoms with Gasteiger partial charge in [0.15, 0.2) is 0 Å². The van der Waals surface area contributed by atoms with E-state index in [1.54, 1.807) is 19.1 Å². The summed E-state index contributed by atoms with van der Waals surface area (Å²) in [5, 5.41) is 34.0. The Morgan fingerprint density at radius 2 is 1.81 bits per heavy atom. The first-order chi connectivity index (χ1) is 15.2. The average Bonchev–Trinajstić information content (AvgIpc) is 3.21. The van der Waals surface area contributed by atoms with Crippen LogP contribution in [0.4, 0.5) is 17.1 Å². The molecule has 0 aliphatic carbocycles. The van der Waals surface area contributed by atoms with E-state index >= 15 is 0 Å². The molecule has 1 aromatic heterocycles. The van der Waals surface area contributed by atoms with Gasteiger partial charge < -0.3 is 9.73 Å². The van der Waals surface area contributed by atoms with Gasteiger partial charge >= 0.3 is 0 Å². The topological polar surface area (TPSA) is 152 Å². The Bertz CT molecular complexity index is 1320. The molecule has 0 fully saturated rings. The standard InChI is InChI=1S/C21H13ClN4O6/c1-12-2-6-17(19(8-12)26(30)31)24-21(27)14(11-23)9-15-4-7-20(32-15)13-3-5-16(22)18(10-13)25(28)29/h2-10H,1H3,(H,24,27)/b14-9+. The molecular weight excluding hydrogens is 440 g/mol. The van der Waals surface area contributed by atoms with Crippen molar-refractivity contribution in [2.24, 2.45) is 0 Å². The van der Waals surface area contributed by atoms with Crippen LogP contribution in [-0.2, 0) is 4.79 Å². The number of carbonyl (C=O) groups excluding carboxylic acids is 1. The Balaban J connectivity index is 1.87. The molecule has 0 bridgehead atoms. The molecule has 32 heavy (non-hydrogen) atoms. The summed E-state index contributed by atoms with van der Waals surface area (Å²) in [7, 11) is 0. The Morgan fingerprint density at radius 3 is 2.47 bits per heavy atom. The monoisotopic (exact) mass is 452 g/mol. The summed E-state index contributed by atoms with van der Waals surface area (Å²) in [5.41, 5.74) is -0.00629. The van der Waals surface area contributed by atoms with E-state index < -0.39 is 15.8 Å². The minimum Gasteiger partial charge on any atom is -0.457 e. The maximum Gasteiger partial charge on any atom is 0.293 e. The van der Waals surface area contributed by atoms with Crippen LogP contribution in [0.15, 0.2) is 58.5 Å². The fraction of sp³-hybridized carbons (Fsp3) is 0.0476. The third kappa shape index (κ3) is 4.80. The van der Waals surface area contributed by atoms with Crippen LogP contribution in [0.5, 0.6) is 0 Å². The molecule has 0 aliphatic heterocycles. The van der Waals surface area contributed by atoms with Gasteiger partial charge in [0.25, 0.3) is 17.3 Å². The molecule has 0 spiro atoms.